The summed E-state index contributed by atoms with van der Waals surface area (Å²) in [4.78, 5) is 17.9. The van der Waals surface area contributed by atoms with E-state index in [-0.39, 0.29) is 11.9 Å². The van der Waals surface area contributed by atoms with E-state index in [1.54, 1.807) is 11.0 Å². The Kier molecular flexibility index (Phi) is 5.08. The second kappa shape index (κ2) is 6.57. The number of nitrogens with one attached hydrogen (secondary N) is 1. The zero-order chi connectivity index (χ0) is 13.5. The lowest BCUT2D eigenvalue weighted by atomic mass is 10.1. The molecule has 1 aromatic heterocycles. The van der Waals surface area contributed by atoms with Crippen LogP contribution in [0.3, 0.4) is 0 Å². The fourth-order valence-corrected chi connectivity index (χ4v) is 1.62. The first-order valence-electron chi connectivity index (χ1n) is 5.70. The van der Waals surface area contributed by atoms with Crippen LogP contribution in [0.15, 0.2) is 18.5 Å². The summed E-state index contributed by atoms with van der Waals surface area (Å²) < 4.78 is 0. The Balaban J connectivity index is 2.99. The van der Waals surface area contributed by atoms with Gasteiger partial charge in [0.1, 0.15) is 0 Å². The second-order valence-corrected chi connectivity index (χ2v) is 4.07. The Labute approximate surface area is 106 Å². The summed E-state index contributed by atoms with van der Waals surface area (Å²) in [6.45, 7) is 4.22. The number of nitrogens with two attached hydrogens (primary N) is 1. The van der Waals surface area contributed by atoms with Gasteiger partial charge < -0.3 is 10.3 Å². The number of nitrogens with zero attached hydrogens (tertiary/aromatic N) is 3. The number of anilines is 1. The van der Waals surface area contributed by atoms with Gasteiger partial charge in [-0.2, -0.15) is 5.26 Å². The van der Waals surface area contributed by atoms with Gasteiger partial charge in [-0.25, -0.2) is 0 Å². The number of carbonyl (C=O) groups excluding carboxylic acids is 1. The third-order valence-corrected chi connectivity index (χ3v) is 2.56. The van der Waals surface area contributed by atoms with E-state index in [0.29, 0.717) is 24.2 Å². The molecule has 0 atom stereocenters. The lowest BCUT2D eigenvalue weighted by molar-refractivity contribution is 0.0711. The highest BCUT2D eigenvalue weighted by molar-refractivity contribution is 5.99. The molecule has 1 aromatic rings. The van der Waals surface area contributed by atoms with Crippen LogP contribution in [0.2, 0.25) is 0 Å². The van der Waals surface area contributed by atoms with Gasteiger partial charge >= 0.3 is 0 Å². The molecule has 0 spiro atoms. The molecular weight excluding hydrogens is 230 g/mol. The van der Waals surface area contributed by atoms with E-state index in [9.17, 15) is 4.79 Å². The van der Waals surface area contributed by atoms with Crippen LogP contribution in [0.5, 0.6) is 0 Å². The zero-order valence-corrected chi connectivity index (χ0v) is 10.6. The van der Waals surface area contributed by atoms with Crippen molar-refractivity contribution in [2.45, 2.75) is 26.3 Å². The maximum absolute atomic E-state index is 12.4. The molecule has 0 bridgehead atoms. The molecule has 18 heavy (non-hydrogen) atoms. The van der Waals surface area contributed by atoms with Crippen molar-refractivity contribution in [2.75, 3.05) is 12.0 Å². The number of carbonyl (C=O) groups is 1. The quantitative estimate of drug-likeness (QED) is 0.600. The minimum absolute atomic E-state index is 0.0182. The van der Waals surface area contributed by atoms with Crippen LogP contribution in [0.25, 0.3) is 0 Å². The molecule has 6 heteroatoms. The van der Waals surface area contributed by atoms with Crippen molar-refractivity contribution in [2.24, 2.45) is 5.84 Å². The van der Waals surface area contributed by atoms with Gasteiger partial charge in [0.15, 0.2) is 0 Å². The molecule has 6 nitrogen and oxygen atoms in total. The van der Waals surface area contributed by atoms with Crippen LogP contribution in [0, 0.1) is 11.3 Å². The molecule has 3 N–H and O–H groups in total. The number of hydrazine groups is 1. The molecule has 0 aliphatic rings. The van der Waals surface area contributed by atoms with Gasteiger partial charge in [-0.15, -0.1) is 0 Å². The van der Waals surface area contributed by atoms with Gasteiger partial charge in [0.25, 0.3) is 5.91 Å². The normalized spacial score (nSPS) is 9.94. The number of rotatable bonds is 5. The highest BCUT2D eigenvalue weighted by atomic mass is 16.2. The summed E-state index contributed by atoms with van der Waals surface area (Å²) in [5, 5.41) is 8.62. The van der Waals surface area contributed by atoms with E-state index >= 15 is 0 Å². The molecule has 0 fully saturated rings. The SMILES string of the molecule is CC(C)N(CCC#N)C(=O)c1ccncc1NN. The van der Waals surface area contributed by atoms with Crippen molar-refractivity contribution in [3.05, 3.63) is 24.0 Å². The molecule has 0 aliphatic heterocycles. The first-order chi connectivity index (χ1) is 8.61. The largest absolute Gasteiger partial charge is 0.335 e. The van der Waals surface area contributed by atoms with Crippen molar-refractivity contribution < 1.29 is 4.79 Å². The van der Waals surface area contributed by atoms with Crippen LogP contribution >= 0.6 is 0 Å². The highest BCUT2D eigenvalue weighted by Gasteiger charge is 2.20. The van der Waals surface area contributed by atoms with Gasteiger partial charge in [-0.05, 0) is 19.9 Å². The maximum atomic E-state index is 12.4. The van der Waals surface area contributed by atoms with Crippen LogP contribution in [-0.2, 0) is 0 Å². The second-order valence-electron chi connectivity index (χ2n) is 4.07. The summed E-state index contributed by atoms with van der Waals surface area (Å²) >= 11 is 0. The number of amides is 1. The fraction of sp³-hybridized carbons (Fsp3) is 0.417. The average molecular weight is 247 g/mol. The minimum Gasteiger partial charge on any atom is -0.335 e. The van der Waals surface area contributed by atoms with Crippen molar-refractivity contribution in [3.8, 4) is 6.07 Å². The molecule has 1 heterocycles. The maximum Gasteiger partial charge on any atom is 0.256 e. The molecule has 1 rings (SSSR count). The van der Waals surface area contributed by atoms with Crippen LogP contribution < -0.4 is 11.3 Å². The molecule has 0 aliphatic carbocycles. The summed E-state index contributed by atoms with van der Waals surface area (Å²) in [6, 6.07) is 3.67. The lowest BCUT2D eigenvalue weighted by Crippen LogP contribution is -2.38. The summed E-state index contributed by atoms with van der Waals surface area (Å²) in [6.07, 6.45) is 3.34. The van der Waals surface area contributed by atoms with Crippen LogP contribution in [-0.4, -0.2) is 28.4 Å². The standard InChI is InChI=1S/C12H17N5O/c1-9(2)17(7-3-5-13)12(18)10-4-6-15-8-11(10)16-14/h4,6,8-9,16H,3,7,14H2,1-2H3. The summed E-state index contributed by atoms with van der Waals surface area (Å²) in [5.74, 6) is 5.19. The van der Waals surface area contributed by atoms with Gasteiger partial charge in [0.05, 0.1) is 29.9 Å². The molecule has 0 saturated heterocycles. The number of pyridine rings is 1. The molecule has 0 aromatic carbocycles. The van der Waals surface area contributed by atoms with Crippen LogP contribution in [0.4, 0.5) is 5.69 Å². The minimum atomic E-state index is -0.157. The molecule has 0 saturated carbocycles. The number of nitriles is 1. The van der Waals surface area contributed by atoms with E-state index in [0.717, 1.165) is 0 Å². The van der Waals surface area contributed by atoms with Gasteiger partial charge in [0, 0.05) is 18.8 Å². The molecule has 1 amide bonds. The Bertz CT molecular complexity index is 452. The van der Waals surface area contributed by atoms with E-state index in [1.165, 1.54) is 12.4 Å². The van der Waals surface area contributed by atoms with Gasteiger partial charge in [-0.1, -0.05) is 0 Å². The van der Waals surface area contributed by atoms with Gasteiger partial charge in [0.2, 0.25) is 0 Å². The van der Waals surface area contributed by atoms with Crippen LogP contribution in [0.1, 0.15) is 30.6 Å². The van der Waals surface area contributed by atoms with Gasteiger partial charge in [-0.3, -0.25) is 15.6 Å². The third kappa shape index (κ3) is 3.18. The highest BCUT2D eigenvalue weighted by Crippen LogP contribution is 2.16. The first-order valence-corrected chi connectivity index (χ1v) is 5.70. The number of hydrogen-bond acceptors (Lipinski definition) is 5. The summed E-state index contributed by atoms with van der Waals surface area (Å²) in [5.41, 5.74) is 3.39. The fourth-order valence-electron chi connectivity index (χ4n) is 1.62. The molecule has 0 radical (unpaired) electrons. The number of aromatic nitrogens is 1. The van der Waals surface area contributed by atoms with E-state index in [1.807, 2.05) is 19.9 Å². The van der Waals surface area contributed by atoms with Crippen molar-refractivity contribution in [3.63, 3.8) is 0 Å². The summed E-state index contributed by atoms with van der Waals surface area (Å²) in [7, 11) is 0. The van der Waals surface area contributed by atoms with E-state index in [2.05, 4.69) is 10.4 Å². The first kappa shape index (κ1) is 13.9. The van der Waals surface area contributed by atoms with E-state index in [4.69, 9.17) is 11.1 Å². The monoisotopic (exact) mass is 247 g/mol. The van der Waals surface area contributed by atoms with Crippen molar-refractivity contribution >= 4 is 11.6 Å². The molecular formula is C12H17N5O. The molecule has 96 valence electrons. The topological polar surface area (TPSA) is 95.0 Å². The van der Waals surface area contributed by atoms with Crippen molar-refractivity contribution in [1.29, 1.82) is 5.26 Å². The number of hydrogen-bond donors (Lipinski definition) is 2. The van der Waals surface area contributed by atoms with E-state index < -0.39 is 0 Å². The molecule has 0 unspecified atom stereocenters. The Morgan fingerprint density at radius 3 is 2.94 bits per heavy atom. The zero-order valence-electron chi connectivity index (χ0n) is 10.6. The Morgan fingerprint density at radius 1 is 1.67 bits per heavy atom. The third-order valence-electron chi connectivity index (χ3n) is 2.56. The van der Waals surface area contributed by atoms with Crippen molar-refractivity contribution in [1.82, 2.24) is 9.88 Å². The Hall–Kier alpha value is -2.13. The smallest absolute Gasteiger partial charge is 0.256 e. The Morgan fingerprint density at radius 2 is 2.39 bits per heavy atom. The predicted octanol–water partition coefficient (Wildman–Crippen LogP) is 1.13. The number of nitrogen functional groups attached to an aromatic ring is 1. The predicted molar refractivity (Wildman–Crippen MR) is 68.4 cm³/mol. The average Bonchev–Trinajstić information content (AvgIpc) is 2.38. The lowest BCUT2D eigenvalue weighted by Gasteiger charge is -2.26.